The second-order valence-electron chi connectivity index (χ2n) is 10.4. The molecule has 5 rings (SSSR count). The van der Waals surface area contributed by atoms with E-state index < -0.39 is 0 Å². The van der Waals surface area contributed by atoms with Crippen molar-refractivity contribution >= 4 is 11.9 Å². The number of aliphatic hydroxyl groups excluding tert-OH is 1. The van der Waals surface area contributed by atoms with Gasteiger partial charge in [-0.1, -0.05) is 37.6 Å². The molecule has 0 heterocycles. The Morgan fingerprint density at radius 3 is 2.52 bits per heavy atom. The van der Waals surface area contributed by atoms with Gasteiger partial charge in [0.1, 0.15) is 5.82 Å². The molecule has 1 aromatic rings. The molecular formula is C26H31FO2. The lowest BCUT2D eigenvalue weighted by Gasteiger charge is -2.56. The summed E-state index contributed by atoms with van der Waals surface area (Å²) in [5, 5.41) is 10.2. The second kappa shape index (κ2) is 6.63. The van der Waals surface area contributed by atoms with Gasteiger partial charge in [-0.25, -0.2) is 4.39 Å². The van der Waals surface area contributed by atoms with Crippen molar-refractivity contribution in [3.05, 3.63) is 52.9 Å². The van der Waals surface area contributed by atoms with Crippen molar-refractivity contribution in [3.63, 3.8) is 0 Å². The van der Waals surface area contributed by atoms with Crippen molar-refractivity contribution in [2.75, 3.05) is 0 Å². The summed E-state index contributed by atoms with van der Waals surface area (Å²) in [6.45, 7) is 4.60. The van der Waals surface area contributed by atoms with Crippen LogP contribution in [0.1, 0.15) is 64.4 Å². The Morgan fingerprint density at radius 2 is 1.76 bits per heavy atom. The molecule has 0 aliphatic heterocycles. The van der Waals surface area contributed by atoms with Gasteiger partial charge in [-0.05, 0) is 97.5 Å². The van der Waals surface area contributed by atoms with Crippen LogP contribution in [-0.2, 0) is 4.79 Å². The highest BCUT2D eigenvalue weighted by atomic mass is 19.1. The summed E-state index contributed by atoms with van der Waals surface area (Å²) in [5.41, 5.74) is 3.22. The van der Waals surface area contributed by atoms with Gasteiger partial charge in [0.25, 0.3) is 0 Å². The van der Waals surface area contributed by atoms with Crippen LogP contribution in [0.25, 0.3) is 6.08 Å². The van der Waals surface area contributed by atoms with Crippen LogP contribution in [0.5, 0.6) is 0 Å². The number of hydrogen-bond acceptors (Lipinski definition) is 2. The molecular weight excluding hydrogens is 363 g/mol. The van der Waals surface area contributed by atoms with Gasteiger partial charge in [0, 0.05) is 5.41 Å². The van der Waals surface area contributed by atoms with Gasteiger partial charge < -0.3 is 5.11 Å². The first-order valence-corrected chi connectivity index (χ1v) is 11.2. The van der Waals surface area contributed by atoms with E-state index in [1.165, 1.54) is 17.7 Å². The molecule has 4 aliphatic rings. The third kappa shape index (κ3) is 2.88. The zero-order chi connectivity index (χ0) is 20.4. The molecule has 6 atom stereocenters. The highest BCUT2D eigenvalue weighted by Gasteiger charge is 2.59. The van der Waals surface area contributed by atoms with E-state index in [1.807, 2.05) is 6.08 Å². The molecule has 6 unspecified atom stereocenters. The summed E-state index contributed by atoms with van der Waals surface area (Å²) in [4.78, 5) is 13.4. The van der Waals surface area contributed by atoms with Crippen LogP contribution in [0, 0.1) is 34.4 Å². The van der Waals surface area contributed by atoms with E-state index in [4.69, 9.17) is 0 Å². The first-order valence-electron chi connectivity index (χ1n) is 11.2. The number of aliphatic hydroxyl groups is 1. The van der Waals surface area contributed by atoms with Gasteiger partial charge in [-0.15, -0.1) is 0 Å². The second-order valence-corrected chi connectivity index (χ2v) is 10.4. The SMILES string of the molecule is CC12CCC3C(CC=C4CC(O)CCC43C)C1C/C(=C/c1ccc(F)cc1)C2=O. The molecule has 1 N–H and O–H groups in total. The molecule has 3 saturated carbocycles. The number of fused-ring (bicyclic) bond motifs is 5. The van der Waals surface area contributed by atoms with Crippen LogP contribution in [-0.4, -0.2) is 17.0 Å². The lowest BCUT2D eigenvalue weighted by molar-refractivity contribution is -0.130. The molecule has 29 heavy (non-hydrogen) atoms. The van der Waals surface area contributed by atoms with E-state index in [1.54, 1.807) is 12.1 Å². The molecule has 1 aromatic carbocycles. The Hall–Kier alpha value is -1.74. The standard InChI is InChI=1S/C26H31FO2/c1-25-11-9-20(28)15-18(25)5-8-21-22(25)10-12-26(2)23(21)14-17(24(26)29)13-16-3-6-19(27)7-4-16/h3-7,13,20-23,28H,8-12,14-15H2,1-2H3/b17-13-. The fourth-order valence-electron chi connectivity index (χ4n) is 7.20. The maximum atomic E-state index is 13.4. The predicted octanol–water partition coefficient (Wildman–Crippen LogP) is 5.71. The Morgan fingerprint density at radius 1 is 1.03 bits per heavy atom. The Bertz CT molecular complexity index is 898. The predicted molar refractivity (Wildman–Crippen MR) is 112 cm³/mol. The minimum atomic E-state index is -0.261. The number of rotatable bonds is 1. The van der Waals surface area contributed by atoms with Gasteiger partial charge in [0.15, 0.2) is 5.78 Å². The van der Waals surface area contributed by atoms with Crippen LogP contribution in [0.2, 0.25) is 0 Å². The molecule has 2 nitrogen and oxygen atoms in total. The molecule has 0 bridgehead atoms. The number of benzene rings is 1. The summed E-state index contributed by atoms with van der Waals surface area (Å²) in [5.74, 6) is 1.61. The average Bonchev–Trinajstić information content (AvgIpc) is 2.95. The van der Waals surface area contributed by atoms with Crippen LogP contribution < -0.4 is 0 Å². The summed E-state index contributed by atoms with van der Waals surface area (Å²) in [6, 6.07) is 6.43. The van der Waals surface area contributed by atoms with E-state index in [-0.39, 0.29) is 22.8 Å². The molecule has 0 saturated heterocycles. The summed E-state index contributed by atoms with van der Waals surface area (Å²) < 4.78 is 13.3. The summed E-state index contributed by atoms with van der Waals surface area (Å²) in [6.07, 6.45) is 11.0. The van der Waals surface area contributed by atoms with Crippen LogP contribution in [0.15, 0.2) is 41.5 Å². The molecule has 4 aliphatic carbocycles. The van der Waals surface area contributed by atoms with Gasteiger partial charge >= 0.3 is 0 Å². The Balaban J connectivity index is 1.47. The lowest BCUT2D eigenvalue weighted by atomic mass is 9.48. The average molecular weight is 395 g/mol. The number of carbonyl (C=O) groups excluding carboxylic acids is 1. The number of carbonyl (C=O) groups is 1. The highest BCUT2D eigenvalue weighted by Crippen LogP contribution is 2.64. The number of hydrogen-bond donors (Lipinski definition) is 1. The molecule has 3 heteroatoms. The lowest BCUT2D eigenvalue weighted by Crippen LogP contribution is -2.50. The van der Waals surface area contributed by atoms with Crippen molar-refractivity contribution in [3.8, 4) is 0 Å². The first-order chi connectivity index (χ1) is 13.8. The van der Waals surface area contributed by atoms with Crippen molar-refractivity contribution < 1.29 is 14.3 Å². The first kappa shape index (κ1) is 19.2. The highest BCUT2D eigenvalue weighted by molar-refractivity contribution is 6.05. The maximum Gasteiger partial charge on any atom is 0.165 e. The molecule has 0 radical (unpaired) electrons. The van der Waals surface area contributed by atoms with Gasteiger partial charge in [-0.2, -0.15) is 0 Å². The topological polar surface area (TPSA) is 37.3 Å². The molecule has 0 aromatic heterocycles. The quantitative estimate of drug-likeness (QED) is 0.489. The van der Waals surface area contributed by atoms with E-state index in [9.17, 15) is 14.3 Å². The third-order valence-electron chi connectivity index (χ3n) is 8.93. The van der Waals surface area contributed by atoms with Crippen LogP contribution in [0.3, 0.4) is 0 Å². The van der Waals surface area contributed by atoms with Crippen LogP contribution >= 0.6 is 0 Å². The number of halogens is 1. The minimum Gasteiger partial charge on any atom is -0.393 e. The zero-order valence-corrected chi connectivity index (χ0v) is 17.5. The van der Waals surface area contributed by atoms with E-state index in [0.29, 0.717) is 23.5 Å². The Labute approximate surface area is 172 Å². The van der Waals surface area contributed by atoms with E-state index >= 15 is 0 Å². The van der Waals surface area contributed by atoms with Gasteiger partial charge in [-0.3, -0.25) is 4.79 Å². The third-order valence-corrected chi connectivity index (χ3v) is 8.93. The molecule has 0 spiro atoms. The van der Waals surface area contributed by atoms with Gasteiger partial charge in [0.05, 0.1) is 6.10 Å². The van der Waals surface area contributed by atoms with E-state index in [0.717, 1.165) is 56.1 Å². The van der Waals surface area contributed by atoms with E-state index in [2.05, 4.69) is 19.9 Å². The monoisotopic (exact) mass is 394 g/mol. The number of ketones is 1. The minimum absolute atomic E-state index is 0.182. The number of Topliss-reactive ketones (excluding diaryl/α,β-unsaturated/α-hetero) is 1. The fourth-order valence-corrected chi connectivity index (χ4v) is 7.20. The molecule has 3 fully saturated rings. The fraction of sp³-hybridized carbons (Fsp3) is 0.577. The molecule has 154 valence electrons. The summed E-state index contributed by atoms with van der Waals surface area (Å²) in [7, 11) is 0. The summed E-state index contributed by atoms with van der Waals surface area (Å²) >= 11 is 0. The van der Waals surface area contributed by atoms with Crippen molar-refractivity contribution in [2.24, 2.45) is 28.6 Å². The maximum absolute atomic E-state index is 13.4. The van der Waals surface area contributed by atoms with Gasteiger partial charge in [0.2, 0.25) is 0 Å². The Kier molecular flexibility index (Phi) is 4.40. The smallest absolute Gasteiger partial charge is 0.165 e. The molecule has 0 amide bonds. The number of allylic oxidation sites excluding steroid dienone is 2. The van der Waals surface area contributed by atoms with Crippen molar-refractivity contribution in [2.45, 2.75) is 64.9 Å². The largest absolute Gasteiger partial charge is 0.393 e. The van der Waals surface area contributed by atoms with Crippen molar-refractivity contribution in [1.29, 1.82) is 0 Å². The zero-order valence-electron chi connectivity index (χ0n) is 17.5. The normalized spacial score (nSPS) is 42.8. The van der Waals surface area contributed by atoms with Crippen LogP contribution in [0.4, 0.5) is 4.39 Å². The van der Waals surface area contributed by atoms with Crippen molar-refractivity contribution in [1.82, 2.24) is 0 Å².